The standard InChI is InChI=1S/C13H14NO.C7H8O.C7H10.C2H6.CH3.Al/c1-9(2)15-12-6-4-5-11-8-7-10(3)14-13(11)12;1-6-2-4-7(8)5-3-6;1-7-5-3-2-4-6-7;1-2;;/h4-8H,1-3H3;2-5,8H,1H3;2-5,7H,6H2,1H3;1-2H3;1H3;/q;;;;;+1/p-1. The van der Waals surface area contributed by atoms with Gasteiger partial charge in [0.25, 0.3) is 0 Å². The van der Waals surface area contributed by atoms with E-state index in [0.29, 0.717) is 0 Å². The van der Waals surface area contributed by atoms with Crippen molar-refractivity contribution in [1.82, 2.24) is 4.98 Å². The number of aromatic nitrogens is 1. The molecule has 1 unspecified atom stereocenters. The van der Waals surface area contributed by atoms with Crippen molar-refractivity contribution in [2.75, 3.05) is 0 Å². The molecule has 4 heteroatoms. The zero-order chi connectivity index (χ0) is 25.1. The van der Waals surface area contributed by atoms with E-state index < -0.39 is 14.5 Å². The van der Waals surface area contributed by atoms with Crippen molar-refractivity contribution in [3.05, 3.63) is 90.2 Å². The summed E-state index contributed by atoms with van der Waals surface area (Å²) < 4.78 is 12.3. The predicted molar refractivity (Wildman–Crippen MR) is 148 cm³/mol. The van der Waals surface area contributed by atoms with Gasteiger partial charge in [0.1, 0.15) is 15.7 Å². The van der Waals surface area contributed by atoms with E-state index in [9.17, 15) is 0 Å². The maximum atomic E-state index is 6.40. The SMILES string of the molecule is CC.CC1C=CC=CC1.Cc1ccc([O][Al]([CH3])[C](C)(C)Oc2cccc3ccc(C)nc23)cc1. The molecule has 4 rings (SSSR count). The molecule has 2 aromatic carbocycles. The minimum Gasteiger partial charge on any atom is -0.641 e. The van der Waals surface area contributed by atoms with Gasteiger partial charge in [-0.1, -0.05) is 86.8 Å². The maximum absolute atomic E-state index is 6.40. The molecule has 0 spiro atoms. The Balaban J connectivity index is 0.000000384. The summed E-state index contributed by atoms with van der Waals surface area (Å²) in [7, 11) is 0. The Morgan fingerprint density at radius 2 is 1.65 bits per heavy atom. The van der Waals surface area contributed by atoms with Crippen molar-refractivity contribution in [1.29, 1.82) is 0 Å². The van der Waals surface area contributed by atoms with Crippen molar-refractivity contribution >= 4 is 25.4 Å². The molecule has 3 aromatic rings. The number of allylic oxidation sites excluding steroid dienone is 4. The van der Waals surface area contributed by atoms with Crippen LogP contribution in [-0.4, -0.2) is 23.9 Å². The number of pyridine rings is 1. The van der Waals surface area contributed by atoms with Gasteiger partial charge in [0.05, 0.1) is 5.75 Å². The Bertz CT molecular complexity index is 1090. The molecular weight excluding hydrogens is 433 g/mol. The van der Waals surface area contributed by atoms with Gasteiger partial charge in [-0.3, -0.25) is 0 Å². The van der Waals surface area contributed by atoms with E-state index in [0.717, 1.165) is 34.0 Å². The van der Waals surface area contributed by atoms with Crippen LogP contribution < -0.4 is 8.53 Å². The zero-order valence-electron chi connectivity index (χ0n) is 22.1. The third-order valence-electron chi connectivity index (χ3n) is 5.70. The fourth-order valence-electron chi connectivity index (χ4n) is 3.33. The topological polar surface area (TPSA) is 31.4 Å². The quantitative estimate of drug-likeness (QED) is 0.349. The van der Waals surface area contributed by atoms with Crippen LogP contribution in [0.15, 0.2) is 78.9 Å². The highest BCUT2D eigenvalue weighted by Crippen LogP contribution is 2.29. The number of aryl methyl sites for hydroxylation is 2. The molecule has 0 N–H and O–H groups in total. The molecule has 0 saturated carbocycles. The molecule has 1 aromatic heterocycles. The summed E-state index contributed by atoms with van der Waals surface area (Å²) in [6, 6.07) is 18.4. The van der Waals surface area contributed by atoms with Crippen molar-refractivity contribution in [3.63, 3.8) is 0 Å². The molecule has 3 nitrogen and oxygen atoms in total. The second-order valence-corrected chi connectivity index (χ2v) is 12.0. The summed E-state index contributed by atoms with van der Waals surface area (Å²) >= 11 is -1.67. The average molecular weight is 474 g/mol. The second kappa shape index (κ2) is 13.4. The lowest BCUT2D eigenvalue weighted by Gasteiger charge is -2.30. The van der Waals surface area contributed by atoms with Crippen molar-refractivity contribution in [2.24, 2.45) is 5.92 Å². The highest BCUT2D eigenvalue weighted by molar-refractivity contribution is 6.54. The monoisotopic (exact) mass is 473 g/mol. The van der Waals surface area contributed by atoms with E-state index >= 15 is 0 Å². The first-order valence-corrected chi connectivity index (χ1v) is 14.6. The van der Waals surface area contributed by atoms with Gasteiger partial charge < -0.3 is 8.53 Å². The number of nitrogens with zero attached hydrogens (tertiary/aromatic N) is 1. The Morgan fingerprint density at radius 1 is 0.941 bits per heavy atom. The Morgan fingerprint density at radius 3 is 2.24 bits per heavy atom. The van der Waals surface area contributed by atoms with E-state index in [-0.39, 0.29) is 4.46 Å². The van der Waals surface area contributed by atoms with Gasteiger partial charge in [-0.25, -0.2) is 4.98 Å². The van der Waals surface area contributed by atoms with Crippen LogP contribution in [0.3, 0.4) is 0 Å². The number of hydrogen-bond donors (Lipinski definition) is 0. The smallest absolute Gasteiger partial charge is 0.591 e. The Labute approximate surface area is 211 Å². The van der Waals surface area contributed by atoms with Crippen LogP contribution in [0.5, 0.6) is 11.5 Å². The summed E-state index contributed by atoms with van der Waals surface area (Å²) in [5, 5.41) is 1.09. The van der Waals surface area contributed by atoms with Crippen LogP contribution in [0.4, 0.5) is 0 Å². The molecule has 0 fully saturated rings. The molecule has 1 aliphatic rings. The lowest BCUT2D eigenvalue weighted by molar-refractivity contribution is 0.177. The highest BCUT2D eigenvalue weighted by atomic mass is 27.2. The molecule has 1 heterocycles. The number of fused-ring (bicyclic) bond motifs is 1. The first-order valence-electron chi connectivity index (χ1n) is 12.4. The maximum Gasteiger partial charge on any atom is 0.591 e. The van der Waals surface area contributed by atoms with E-state index in [4.69, 9.17) is 8.53 Å². The third-order valence-corrected chi connectivity index (χ3v) is 8.40. The van der Waals surface area contributed by atoms with E-state index in [1.165, 1.54) is 12.0 Å². The van der Waals surface area contributed by atoms with Gasteiger partial charge in [-0.2, -0.15) is 0 Å². The molecule has 0 bridgehead atoms. The lowest BCUT2D eigenvalue weighted by atomic mass is 10.0. The van der Waals surface area contributed by atoms with Gasteiger partial charge >= 0.3 is 14.5 Å². The number of rotatable bonds is 5. The number of para-hydroxylation sites is 1. The summed E-state index contributed by atoms with van der Waals surface area (Å²) in [4.78, 5) is 4.66. The summed E-state index contributed by atoms with van der Waals surface area (Å²) in [6.07, 6.45) is 9.84. The Hall–Kier alpha value is -2.54. The minimum absolute atomic E-state index is 0.370. The number of benzene rings is 2. The zero-order valence-corrected chi connectivity index (χ0v) is 23.3. The summed E-state index contributed by atoms with van der Waals surface area (Å²) in [5.41, 5.74) is 3.13. The van der Waals surface area contributed by atoms with Crippen molar-refractivity contribution in [2.45, 2.75) is 65.1 Å². The fraction of sp³-hybridized carbons (Fsp3) is 0.367. The summed E-state index contributed by atoms with van der Waals surface area (Å²) in [5.74, 6) is 4.67. The van der Waals surface area contributed by atoms with Crippen LogP contribution in [0.1, 0.15) is 52.3 Å². The van der Waals surface area contributed by atoms with Gasteiger partial charge in [0, 0.05) is 11.1 Å². The van der Waals surface area contributed by atoms with Crippen LogP contribution in [0, 0.1) is 19.8 Å². The largest absolute Gasteiger partial charge is 0.641 e. The molecule has 1 aliphatic carbocycles. The van der Waals surface area contributed by atoms with E-state index in [1.807, 2.05) is 51.1 Å². The van der Waals surface area contributed by atoms with E-state index in [2.05, 4.69) is 87.0 Å². The second-order valence-electron chi connectivity index (χ2n) is 9.09. The first kappa shape index (κ1) is 27.7. The van der Waals surface area contributed by atoms with Crippen molar-refractivity contribution in [3.8, 4) is 11.5 Å². The summed E-state index contributed by atoms with van der Waals surface area (Å²) in [6.45, 7) is 14.5. The predicted octanol–water partition coefficient (Wildman–Crippen LogP) is 8.41. The lowest BCUT2D eigenvalue weighted by Crippen LogP contribution is -2.47. The van der Waals surface area contributed by atoms with Crippen LogP contribution >= 0.6 is 0 Å². The third kappa shape index (κ3) is 8.35. The van der Waals surface area contributed by atoms with Crippen LogP contribution in [0.2, 0.25) is 5.79 Å². The van der Waals surface area contributed by atoms with Gasteiger partial charge in [-0.05, 0) is 64.3 Å². The molecule has 1 atom stereocenters. The fourth-order valence-corrected chi connectivity index (χ4v) is 4.48. The average Bonchev–Trinajstić information content (AvgIpc) is 2.83. The normalized spacial score (nSPS) is 14.4. The highest BCUT2D eigenvalue weighted by Gasteiger charge is 2.40. The molecule has 34 heavy (non-hydrogen) atoms. The molecule has 180 valence electrons. The molecule has 0 saturated heterocycles. The van der Waals surface area contributed by atoms with Crippen LogP contribution in [-0.2, 0) is 0 Å². The molecule has 0 aliphatic heterocycles. The molecular formula is C30H40AlNO2. The Kier molecular flexibility index (Phi) is 10.9. The van der Waals surface area contributed by atoms with Gasteiger partial charge in [0.15, 0.2) is 0 Å². The van der Waals surface area contributed by atoms with Gasteiger partial charge in [-0.15, -0.1) is 0 Å². The first-order chi connectivity index (χ1) is 16.2. The van der Waals surface area contributed by atoms with Crippen molar-refractivity contribution < 1.29 is 8.53 Å². The van der Waals surface area contributed by atoms with Gasteiger partial charge in [0.2, 0.25) is 0 Å². The number of ether oxygens (including phenoxy) is 1. The molecule has 0 radical (unpaired) electrons. The number of hydrogen-bond acceptors (Lipinski definition) is 3. The van der Waals surface area contributed by atoms with E-state index in [1.54, 1.807) is 0 Å². The minimum atomic E-state index is -1.67. The van der Waals surface area contributed by atoms with Crippen LogP contribution in [0.25, 0.3) is 10.9 Å². The molecule has 0 amide bonds.